The molecule has 0 saturated heterocycles. The third-order valence-corrected chi connectivity index (χ3v) is 5.48. The molecule has 2 rings (SSSR count). The van der Waals surface area contributed by atoms with E-state index in [1.807, 2.05) is 0 Å². The maximum atomic E-state index is 2.36. The fourth-order valence-electron chi connectivity index (χ4n) is 1.41. The molecular weight excluding hydrogens is 170 g/mol. The van der Waals surface area contributed by atoms with Gasteiger partial charge in [-0.25, -0.2) is 0 Å². The predicted octanol–water partition coefficient (Wildman–Crippen LogP) is 2.04. The maximum Gasteiger partial charge on any atom is 0.00759 e. The molecule has 0 aliphatic carbocycles. The van der Waals surface area contributed by atoms with Crippen molar-refractivity contribution in [2.24, 2.45) is 0 Å². The summed E-state index contributed by atoms with van der Waals surface area (Å²) >= 11 is 0. The molecule has 0 N–H and O–H groups in total. The predicted molar refractivity (Wildman–Crippen MR) is 56.4 cm³/mol. The minimum absolute atomic E-state index is 0.559. The van der Waals surface area contributed by atoms with E-state index in [0.717, 1.165) is 17.2 Å². The van der Waals surface area contributed by atoms with Crippen LogP contribution in [-0.2, 0) is 0 Å². The molecule has 0 spiro atoms. The second-order valence-corrected chi connectivity index (χ2v) is 8.00. The van der Waals surface area contributed by atoms with E-state index in [4.69, 9.17) is 0 Å². The van der Waals surface area contributed by atoms with Crippen LogP contribution in [0.4, 0.5) is 0 Å². The molecule has 0 aromatic heterocycles. The van der Waals surface area contributed by atoms with E-state index in [9.17, 15) is 0 Å². The quantitative estimate of drug-likeness (QED) is 0.538. The van der Waals surface area contributed by atoms with Gasteiger partial charge in [-0.05, 0) is 10.6 Å². The molecule has 1 heterocycles. The summed E-state index contributed by atoms with van der Waals surface area (Å²) in [7, 11) is 2.04. The molecule has 0 saturated carbocycles. The van der Waals surface area contributed by atoms with E-state index in [-0.39, 0.29) is 0 Å². The lowest BCUT2D eigenvalue weighted by molar-refractivity contribution is 1.02. The van der Waals surface area contributed by atoms with Crippen molar-refractivity contribution in [2.45, 2.75) is 18.7 Å². The van der Waals surface area contributed by atoms with Crippen molar-refractivity contribution in [1.29, 1.82) is 0 Å². The van der Waals surface area contributed by atoms with E-state index in [2.05, 4.69) is 38.1 Å². The summed E-state index contributed by atoms with van der Waals surface area (Å²) in [4.78, 5) is 0.559. The average molecular weight is 182 g/mol. The maximum absolute atomic E-state index is 2.36. The Kier molecular flexibility index (Phi) is 1.78. The number of benzene rings is 1. The van der Waals surface area contributed by atoms with Crippen molar-refractivity contribution >= 4 is 27.8 Å². The molecule has 1 aliphatic rings. The average Bonchev–Trinajstić information content (AvgIpc) is 2.21. The van der Waals surface area contributed by atoms with Gasteiger partial charge in [-0.15, -0.1) is 0 Å². The Hall–Kier alpha value is 0.0800. The summed E-state index contributed by atoms with van der Waals surface area (Å²) in [6.45, 7) is 4.73. The van der Waals surface area contributed by atoms with E-state index in [1.165, 1.54) is 0 Å². The van der Waals surface area contributed by atoms with Crippen LogP contribution >= 0.6 is 17.2 Å². The SMILES string of the molecule is CC1(C)Pc2ccccc2P1. The first kappa shape index (κ1) is 7.71. The molecule has 0 amide bonds. The lowest BCUT2D eigenvalue weighted by Gasteiger charge is -2.14. The van der Waals surface area contributed by atoms with Gasteiger partial charge >= 0.3 is 0 Å². The van der Waals surface area contributed by atoms with Gasteiger partial charge in [0, 0.05) is 4.90 Å². The minimum Gasteiger partial charge on any atom is -0.0794 e. The zero-order valence-corrected chi connectivity index (χ0v) is 8.81. The van der Waals surface area contributed by atoms with Crippen molar-refractivity contribution in [1.82, 2.24) is 0 Å². The first-order valence-electron chi connectivity index (χ1n) is 3.83. The highest BCUT2D eigenvalue weighted by Gasteiger charge is 2.27. The molecule has 2 unspecified atom stereocenters. The van der Waals surface area contributed by atoms with Crippen molar-refractivity contribution in [3.8, 4) is 0 Å². The Morgan fingerprint density at radius 3 is 1.91 bits per heavy atom. The molecule has 0 nitrogen and oxygen atoms in total. The van der Waals surface area contributed by atoms with E-state index < -0.39 is 0 Å². The summed E-state index contributed by atoms with van der Waals surface area (Å²) in [5.41, 5.74) is 0. The molecule has 2 atom stereocenters. The Balaban J connectivity index is 2.41. The molecular formula is C9H12P2. The second kappa shape index (κ2) is 2.54. The smallest absolute Gasteiger partial charge is 0.00759 e. The highest BCUT2D eigenvalue weighted by atomic mass is 31.1. The fourth-order valence-corrected chi connectivity index (χ4v) is 4.98. The number of fused-ring (bicyclic) bond motifs is 1. The minimum atomic E-state index is 0.559. The van der Waals surface area contributed by atoms with Crippen molar-refractivity contribution in [2.75, 3.05) is 0 Å². The summed E-state index contributed by atoms with van der Waals surface area (Å²) in [6, 6.07) is 8.85. The van der Waals surface area contributed by atoms with Crippen molar-refractivity contribution < 1.29 is 0 Å². The van der Waals surface area contributed by atoms with E-state index in [1.54, 1.807) is 10.6 Å². The normalized spacial score (nSPS) is 24.2. The van der Waals surface area contributed by atoms with Crippen LogP contribution in [0.3, 0.4) is 0 Å². The van der Waals surface area contributed by atoms with Crippen LogP contribution in [0.15, 0.2) is 24.3 Å². The van der Waals surface area contributed by atoms with Crippen LogP contribution in [0.25, 0.3) is 0 Å². The Bertz CT molecular complexity index is 252. The third kappa shape index (κ3) is 1.48. The first-order valence-corrected chi connectivity index (χ1v) is 5.83. The molecule has 58 valence electrons. The molecule has 0 fully saturated rings. The third-order valence-electron chi connectivity index (χ3n) is 1.82. The van der Waals surface area contributed by atoms with Gasteiger partial charge in [0.15, 0.2) is 0 Å². The lowest BCUT2D eigenvalue weighted by Crippen LogP contribution is -2.08. The van der Waals surface area contributed by atoms with Gasteiger partial charge < -0.3 is 0 Å². The van der Waals surface area contributed by atoms with Crippen LogP contribution < -0.4 is 10.6 Å². The highest BCUT2D eigenvalue weighted by Crippen LogP contribution is 2.49. The van der Waals surface area contributed by atoms with E-state index in [0.29, 0.717) is 4.90 Å². The zero-order valence-electron chi connectivity index (χ0n) is 6.81. The Morgan fingerprint density at radius 2 is 1.45 bits per heavy atom. The van der Waals surface area contributed by atoms with Gasteiger partial charge in [-0.2, -0.15) is 0 Å². The lowest BCUT2D eigenvalue weighted by atomic mass is 10.4. The number of hydrogen-bond donors (Lipinski definition) is 0. The topological polar surface area (TPSA) is 0 Å². The Morgan fingerprint density at radius 1 is 1.00 bits per heavy atom. The first-order chi connectivity index (χ1) is 5.17. The van der Waals surface area contributed by atoms with Crippen LogP contribution in [-0.4, -0.2) is 4.90 Å². The molecule has 0 radical (unpaired) electrons. The zero-order chi connectivity index (χ0) is 7.90. The standard InChI is InChI=1S/C9H12P2/c1-9(2)10-7-5-3-4-6-8(7)11-9/h3-6,10-11H,1-2H3. The molecule has 1 aliphatic heterocycles. The summed E-state index contributed by atoms with van der Waals surface area (Å²) in [6.07, 6.45) is 0. The van der Waals surface area contributed by atoms with Crippen LogP contribution in [0, 0.1) is 0 Å². The summed E-state index contributed by atoms with van der Waals surface area (Å²) < 4.78 is 0. The molecule has 0 bridgehead atoms. The molecule has 11 heavy (non-hydrogen) atoms. The van der Waals surface area contributed by atoms with Gasteiger partial charge in [-0.3, -0.25) is 0 Å². The molecule has 2 heteroatoms. The van der Waals surface area contributed by atoms with Crippen LogP contribution in [0.1, 0.15) is 13.8 Å². The van der Waals surface area contributed by atoms with Crippen LogP contribution in [0.2, 0.25) is 0 Å². The summed E-state index contributed by atoms with van der Waals surface area (Å²) in [5, 5.41) is 3.19. The van der Waals surface area contributed by atoms with Gasteiger partial charge in [0.25, 0.3) is 0 Å². The Labute approximate surface area is 71.3 Å². The number of rotatable bonds is 0. The van der Waals surface area contributed by atoms with Gasteiger partial charge in [-0.1, -0.05) is 55.3 Å². The summed E-state index contributed by atoms with van der Waals surface area (Å²) in [5.74, 6) is 0. The fraction of sp³-hybridized carbons (Fsp3) is 0.333. The molecule has 1 aromatic rings. The largest absolute Gasteiger partial charge is 0.0794 e. The molecule has 1 aromatic carbocycles. The van der Waals surface area contributed by atoms with Gasteiger partial charge in [0.2, 0.25) is 0 Å². The van der Waals surface area contributed by atoms with E-state index >= 15 is 0 Å². The van der Waals surface area contributed by atoms with Gasteiger partial charge in [0.1, 0.15) is 0 Å². The number of hydrogen-bond acceptors (Lipinski definition) is 0. The van der Waals surface area contributed by atoms with Crippen LogP contribution in [0.5, 0.6) is 0 Å². The highest BCUT2D eigenvalue weighted by molar-refractivity contribution is 7.73. The monoisotopic (exact) mass is 182 g/mol. The second-order valence-electron chi connectivity index (χ2n) is 3.42. The van der Waals surface area contributed by atoms with Crippen molar-refractivity contribution in [3.05, 3.63) is 24.3 Å². The van der Waals surface area contributed by atoms with Crippen molar-refractivity contribution in [3.63, 3.8) is 0 Å². The van der Waals surface area contributed by atoms with Gasteiger partial charge in [0.05, 0.1) is 0 Å².